The lowest BCUT2D eigenvalue weighted by Gasteiger charge is -2.02. The van der Waals surface area contributed by atoms with E-state index >= 15 is 0 Å². The Morgan fingerprint density at radius 2 is 2.17 bits per heavy atom. The Bertz CT molecular complexity index is 787. The molecule has 0 bridgehead atoms. The van der Waals surface area contributed by atoms with Crippen LogP contribution in [0, 0.1) is 6.92 Å². The van der Waals surface area contributed by atoms with Crippen molar-refractivity contribution in [2.24, 2.45) is 0 Å². The Morgan fingerprint density at radius 1 is 1.28 bits per heavy atom. The highest BCUT2D eigenvalue weighted by Gasteiger charge is 2.24. The van der Waals surface area contributed by atoms with Crippen LogP contribution in [0.5, 0.6) is 0 Å². The Morgan fingerprint density at radius 3 is 3.06 bits per heavy atom. The third-order valence-corrected chi connectivity index (χ3v) is 4.12. The van der Waals surface area contributed by atoms with Crippen LogP contribution < -0.4 is 0 Å². The van der Waals surface area contributed by atoms with E-state index in [1.54, 1.807) is 0 Å². The zero-order valence-electron chi connectivity index (χ0n) is 9.94. The Kier molecular flexibility index (Phi) is 1.98. The van der Waals surface area contributed by atoms with Gasteiger partial charge in [0.25, 0.3) is 0 Å². The van der Waals surface area contributed by atoms with Gasteiger partial charge < -0.3 is 4.40 Å². The van der Waals surface area contributed by atoms with E-state index in [1.165, 1.54) is 22.4 Å². The van der Waals surface area contributed by atoms with Gasteiger partial charge in [0.1, 0.15) is 5.65 Å². The summed E-state index contributed by atoms with van der Waals surface area (Å²) in [5, 5.41) is 0. The SMILES string of the molecule is Cc1cccn2c3c(nc12)-c1ccc(Br)cc1C3. The predicted octanol–water partition coefficient (Wildman–Crippen LogP) is 3.98. The quantitative estimate of drug-likeness (QED) is 0.480. The van der Waals surface area contributed by atoms with Crippen molar-refractivity contribution in [3.8, 4) is 11.3 Å². The summed E-state index contributed by atoms with van der Waals surface area (Å²) < 4.78 is 3.36. The van der Waals surface area contributed by atoms with Gasteiger partial charge in [0.2, 0.25) is 0 Å². The number of aryl methyl sites for hydroxylation is 1. The van der Waals surface area contributed by atoms with E-state index in [1.807, 2.05) is 0 Å². The largest absolute Gasteiger partial charge is 0.303 e. The molecular formula is C15H11BrN2. The Hall–Kier alpha value is -1.61. The van der Waals surface area contributed by atoms with E-state index < -0.39 is 0 Å². The van der Waals surface area contributed by atoms with Gasteiger partial charge in [-0.2, -0.15) is 0 Å². The van der Waals surface area contributed by atoms with Crippen LogP contribution in [0.25, 0.3) is 16.9 Å². The fourth-order valence-electron chi connectivity index (χ4n) is 2.76. The van der Waals surface area contributed by atoms with Crippen molar-refractivity contribution in [3.63, 3.8) is 0 Å². The number of rotatable bonds is 0. The third-order valence-electron chi connectivity index (χ3n) is 3.62. The maximum atomic E-state index is 4.81. The lowest BCUT2D eigenvalue weighted by atomic mass is 10.1. The van der Waals surface area contributed by atoms with Crippen LogP contribution in [0.3, 0.4) is 0 Å². The number of aromatic nitrogens is 2. The van der Waals surface area contributed by atoms with Gasteiger partial charge in [0, 0.05) is 22.7 Å². The minimum atomic E-state index is 0.967. The minimum Gasteiger partial charge on any atom is -0.303 e. The van der Waals surface area contributed by atoms with E-state index in [4.69, 9.17) is 4.98 Å². The first kappa shape index (κ1) is 10.3. The number of halogens is 1. The molecule has 3 heteroatoms. The molecule has 18 heavy (non-hydrogen) atoms. The highest BCUT2D eigenvalue weighted by molar-refractivity contribution is 9.10. The maximum absolute atomic E-state index is 4.81. The molecule has 88 valence electrons. The molecule has 0 saturated carbocycles. The first-order valence-electron chi connectivity index (χ1n) is 5.99. The summed E-state index contributed by atoms with van der Waals surface area (Å²) in [5.74, 6) is 0. The average Bonchev–Trinajstić information content (AvgIpc) is 2.86. The lowest BCUT2D eigenvalue weighted by Crippen LogP contribution is -1.92. The van der Waals surface area contributed by atoms with Gasteiger partial charge in [-0.3, -0.25) is 0 Å². The van der Waals surface area contributed by atoms with Crippen LogP contribution in [-0.4, -0.2) is 9.38 Å². The number of pyridine rings is 1. The summed E-state index contributed by atoms with van der Waals surface area (Å²) in [7, 11) is 0. The Balaban J connectivity index is 2.07. The number of nitrogens with zero attached hydrogens (tertiary/aromatic N) is 2. The predicted molar refractivity (Wildman–Crippen MR) is 75.9 cm³/mol. The fraction of sp³-hybridized carbons (Fsp3) is 0.133. The molecule has 0 fully saturated rings. The molecule has 0 spiro atoms. The second-order valence-electron chi connectivity index (χ2n) is 4.77. The van der Waals surface area contributed by atoms with E-state index in [9.17, 15) is 0 Å². The van der Waals surface area contributed by atoms with Crippen molar-refractivity contribution in [3.05, 3.63) is 57.8 Å². The van der Waals surface area contributed by atoms with Gasteiger partial charge in [-0.15, -0.1) is 0 Å². The summed E-state index contributed by atoms with van der Waals surface area (Å²) in [6, 6.07) is 10.6. The van der Waals surface area contributed by atoms with Gasteiger partial charge in [-0.05, 0) is 36.2 Å². The molecule has 0 aliphatic heterocycles. The van der Waals surface area contributed by atoms with Crippen molar-refractivity contribution < 1.29 is 0 Å². The smallest absolute Gasteiger partial charge is 0.140 e. The molecule has 0 amide bonds. The molecule has 0 unspecified atom stereocenters. The molecular weight excluding hydrogens is 288 g/mol. The first-order valence-corrected chi connectivity index (χ1v) is 6.79. The van der Waals surface area contributed by atoms with Crippen LogP contribution in [0.15, 0.2) is 41.0 Å². The summed E-state index contributed by atoms with van der Waals surface area (Å²) in [4.78, 5) is 4.81. The van der Waals surface area contributed by atoms with Gasteiger partial charge in [0.15, 0.2) is 0 Å². The van der Waals surface area contributed by atoms with Crippen molar-refractivity contribution in [2.45, 2.75) is 13.3 Å². The van der Waals surface area contributed by atoms with Gasteiger partial charge in [0.05, 0.1) is 11.4 Å². The minimum absolute atomic E-state index is 0.967. The second-order valence-corrected chi connectivity index (χ2v) is 5.69. The lowest BCUT2D eigenvalue weighted by molar-refractivity contribution is 1.04. The number of fused-ring (bicyclic) bond motifs is 5. The number of benzene rings is 1. The molecule has 0 radical (unpaired) electrons. The van der Waals surface area contributed by atoms with Crippen molar-refractivity contribution in [1.29, 1.82) is 0 Å². The number of hydrogen-bond acceptors (Lipinski definition) is 1. The van der Waals surface area contributed by atoms with Crippen LogP contribution in [-0.2, 0) is 6.42 Å². The highest BCUT2D eigenvalue weighted by atomic mass is 79.9. The van der Waals surface area contributed by atoms with E-state index in [0.717, 1.165) is 22.2 Å². The average molecular weight is 299 g/mol. The third kappa shape index (κ3) is 1.25. The molecule has 3 aromatic rings. The van der Waals surface area contributed by atoms with E-state index in [2.05, 4.69) is 63.8 Å². The Labute approximate surface area is 113 Å². The zero-order valence-corrected chi connectivity index (χ0v) is 11.5. The molecule has 0 N–H and O–H groups in total. The molecule has 0 saturated heterocycles. The molecule has 0 atom stereocenters. The van der Waals surface area contributed by atoms with E-state index in [0.29, 0.717) is 0 Å². The van der Waals surface area contributed by atoms with Crippen molar-refractivity contribution in [2.75, 3.05) is 0 Å². The first-order chi connectivity index (χ1) is 8.74. The summed E-state index contributed by atoms with van der Waals surface area (Å²) in [6.45, 7) is 2.11. The molecule has 2 aromatic heterocycles. The molecule has 1 aliphatic rings. The summed E-state index contributed by atoms with van der Waals surface area (Å²) in [6.07, 6.45) is 3.07. The van der Waals surface area contributed by atoms with Crippen LogP contribution in [0.1, 0.15) is 16.8 Å². The summed E-state index contributed by atoms with van der Waals surface area (Å²) in [5.41, 5.74) is 7.39. The van der Waals surface area contributed by atoms with Gasteiger partial charge in [-0.1, -0.05) is 28.1 Å². The molecule has 1 aliphatic carbocycles. The normalized spacial score (nSPS) is 12.8. The fourth-order valence-corrected chi connectivity index (χ4v) is 3.17. The topological polar surface area (TPSA) is 17.3 Å². The van der Waals surface area contributed by atoms with Crippen molar-refractivity contribution in [1.82, 2.24) is 9.38 Å². The zero-order chi connectivity index (χ0) is 12.3. The standard InChI is InChI=1S/C15H11BrN2/c1-9-3-2-6-18-13-8-10-7-11(16)4-5-12(10)14(13)17-15(9)18/h2-7H,8H2,1H3. The molecule has 1 aromatic carbocycles. The maximum Gasteiger partial charge on any atom is 0.140 e. The number of imidazole rings is 1. The highest BCUT2D eigenvalue weighted by Crippen LogP contribution is 2.38. The molecule has 4 rings (SSSR count). The molecule has 2 nitrogen and oxygen atoms in total. The van der Waals surface area contributed by atoms with Crippen LogP contribution in [0.4, 0.5) is 0 Å². The van der Waals surface area contributed by atoms with Gasteiger partial charge in [-0.25, -0.2) is 4.98 Å². The van der Waals surface area contributed by atoms with Crippen LogP contribution >= 0.6 is 15.9 Å². The second kappa shape index (κ2) is 3.45. The van der Waals surface area contributed by atoms with E-state index in [-0.39, 0.29) is 0 Å². The van der Waals surface area contributed by atoms with Gasteiger partial charge >= 0.3 is 0 Å². The summed E-state index contributed by atoms with van der Waals surface area (Å²) >= 11 is 3.53. The van der Waals surface area contributed by atoms with Crippen molar-refractivity contribution >= 4 is 21.6 Å². The molecule has 2 heterocycles. The van der Waals surface area contributed by atoms with Crippen LogP contribution in [0.2, 0.25) is 0 Å². The monoisotopic (exact) mass is 298 g/mol. The number of hydrogen-bond donors (Lipinski definition) is 0.